The van der Waals surface area contributed by atoms with Gasteiger partial charge in [-0.3, -0.25) is 19.9 Å². The molecule has 0 radical (unpaired) electrons. The van der Waals surface area contributed by atoms with Gasteiger partial charge >= 0.3 is 0 Å². The molecule has 0 spiro atoms. The Morgan fingerprint density at radius 3 is 2.95 bits per heavy atom. The summed E-state index contributed by atoms with van der Waals surface area (Å²) >= 11 is 1.45. The SMILES string of the molecule is CC(=O)NC1CCN(Cc2cc(C(=O)NN)sc2C)C1. The van der Waals surface area contributed by atoms with Crippen molar-refractivity contribution in [2.24, 2.45) is 5.84 Å². The minimum Gasteiger partial charge on any atom is -0.352 e. The number of aryl methyl sites for hydroxylation is 1. The Morgan fingerprint density at radius 2 is 2.30 bits per heavy atom. The standard InChI is InChI=1S/C13H20N4O2S/c1-8-10(5-12(20-8)13(19)16-14)6-17-4-3-11(7-17)15-9(2)18/h5,11H,3-4,6-7,14H2,1-2H3,(H,15,18)(H,16,19). The quantitative estimate of drug-likeness (QED) is 0.425. The summed E-state index contributed by atoms with van der Waals surface area (Å²) in [5.41, 5.74) is 3.30. The summed E-state index contributed by atoms with van der Waals surface area (Å²) in [6.07, 6.45) is 0.971. The monoisotopic (exact) mass is 296 g/mol. The zero-order valence-corrected chi connectivity index (χ0v) is 12.5. The second-order valence-electron chi connectivity index (χ2n) is 5.09. The lowest BCUT2D eigenvalue weighted by atomic mass is 10.2. The van der Waals surface area contributed by atoms with Gasteiger partial charge in [0.15, 0.2) is 0 Å². The lowest BCUT2D eigenvalue weighted by Crippen LogP contribution is -2.35. The van der Waals surface area contributed by atoms with Crippen LogP contribution in [0.4, 0.5) is 0 Å². The first-order valence-electron chi connectivity index (χ1n) is 6.59. The molecule has 0 bridgehead atoms. The fourth-order valence-corrected chi connectivity index (χ4v) is 3.42. The molecule has 2 heterocycles. The van der Waals surface area contributed by atoms with Crippen LogP contribution in [0, 0.1) is 6.92 Å². The van der Waals surface area contributed by atoms with Crippen LogP contribution >= 0.6 is 11.3 Å². The molecule has 0 aliphatic carbocycles. The average Bonchev–Trinajstić information content (AvgIpc) is 2.96. The predicted molar refractivity (Wildman–Crippen MR) is 78.2 cm³/mol. The van der Waals surface area contributed by atoms with Gasteiger partial charge in [0.05, 0.1) is 4.88 Å². The Kier molecular flexibility index (Phi) is 4.74. The van der Waals surface area contributed by atoms with E-state index in [1.807, 2.05) is 13.0 Å². The molecule has 1 aromatic heterocycles. The van der Waals surface area contributed by atoms with E-state index in [4.69, 9.17) is 5.84 Å². The van der Waals surface area contributed by atoms with E-state index < -0.39 is 0 Å². The molecule has 2 amide bonds. The average molecular weight is 296 g/mol. The van der Waals surface area contributed by atoms with Gasteiger partial charge in [0.1, 0.15) is 0 Å². The maximum absolute atomic E-state index is 11.5. The molecule has 7 heteroatoms. The Labute approximate surface area is 122 Å². The number of nitrogen functional groups attached to an aromatic ring is 1. The summed E-state index contributed by atoms with van der Waals surface area (Å²) in [6, 6.07) is 2.13. The van der Waals surface area contributed by atoms with Crippen molar-refractivity contribution in [3.63, 3.8) is 0 Å². The van der Waals surface area contributed by atoms with Crippen molar-refractivity contribution < 1.29 is 9.59 Å². The van der Waals surface area contributed by atoms with E-state index in [9.17, 15) is 9.59 Å². The normalized spacial score (nSPS) is 19.1. The highest BCUT2D eigenvalue weighted by Gasteiger charge is 2.24. The third-order valence-corrected chi connectivity index (χ3v) is 4.54. The summed E-state index contributed by atoms with van der Waals surface area (Å²) in [6.45, 7) is 6.17. The maximum atomic E-state index is 11.5. The first-order chi connectivity index (χ1) is 9.49. The van der Waals surface area contributed by atoms with Crippen molar-refractivity contribution in [1.82, 2.24) is 15.6 Å². The van der Waals surface area contributed by atoms with Crippen LogP contribution in [0.3, 0.4) is 0 Å². The Bertz CT molecular complexity index is 514. The van der Waals surface area contributed by atoms with Gasteiger partial charge in [-0.05, 0) is 25.0 Å². The van der Waals surface area contributed by atoms with Crippen LogP contribution in [0.15, 0.2) is 6.07 Å². The zero-order chi connectivity index (χ0) is 14.7. The summed E-state index contributed by atoms with van der Waals surface area (Å²) in [7, 11) is 0. The molecule has 1 saturated heterocycles. The highest BCUT2D eigenvalue weighted by atomic mass is 32.1. The van der Waals surface area contributed by atoms with Gasteiger partial charge in [0.25, 0.3) is 5.91 Å². The van der Waals surface area contributed by atoms with E-state index >= 15 is 0 Å². The van der Waals surface area contributed by atoms with Gasteiger partial charge in [-0.2, -0.15) is 0 Å². The summed E-state index contributed by atoms with van der Waals surface area (Å²) in [5.74, 6) is 4.92. The minimum atomic E-state index is -0.248. The topological polar surface area (TPSA) is 87.5 Å². The molecule has 1 aliphatic rings. The molecule has 1 atom stereocenters. The summed E-state index contributed by atoms with van der Waals surface area (Å²) < 4.78 is 0. The van der Waals surface area contributed by atoms with Crippen LogP contribution < -0.4 is 16.6 Å². The lowest BCUT2D eigenvalue weighted by molar-refractivity contribution is -0.119. The number of carbonyl (C=O) groups excluding carboxylic acids is 2. The molecule has 1 aliphatic heterocycles. The van der Waals surface area contributed by atoms with E-state index in [1.54, 1.807) is 6.92 Å². The Hall–Kier alpha value is -1.44. The number of amides is 2. The predicted octanol–water partition coefficient (Wildman–Crippen LogP) is 0.370. The van der Waals surface area contributed by atoms with Gasteiger partial charge in [-0.25, -0.2) is 5.84 Å². The fourth-order valence-electron chi connectivity index (χ4n) is 2.48. The number of hydrogen-bond acceptors (Lipinski definition) is 5. The molecule has 20 heavy (non-hydrogen) atoms. The van der Waals surface area contributed by atoms with Gasteiger partial charge in [-0.1, -0.05) is 0 Å². The largest absolute Gasteiger partial charge is 0.352 e. The molecule has 4 N–H and O–H groups in total. The van der Waals surface area contributed by atoms with Crippen LogP contribution in [-0.2, 0) is 11.3 Å². The van der Waals surface area contributed by atoms with Gasteiger partial charge in [0.2, 0.25) is 5.91 Å². The highest BCUT2D eigenvalue weighted by molar-refractivity contribution is 7.14. The van der Waals surface area contributed by atoms with Crippen molar-refractivity contribution in [3.05, 3.63) is 21.4 Å². The molecule has 110 valence electrons. The highest BCUT2D eigenvalue weighted by Crippen LogP contribution is 2.24. The molecule has 0 saturated carbocycles. The molecule has 1 aromatic rings. The van der Waals surface area contributed by atoms with Gasteiger partial charge < -0.3 is 5.32 Å². The third kappa shape index (κ3) is 3.56. The minimum absolute atomic E-state index is 0.0190. The van der Waals surface area contributed by atoms with Crippen LogP contribution in [-0.4, -0.2) is 35.8 Å². The zero-order valence-electron chi connectivity index (χ0n) is 11.7. The molecule has 6 nitrogen and oxygen atoms in total. The van der Waals surface area contributed by atoms with Crippen LogP contribution in [0.5, 0.6) is 0 Å². The lowest BCUT2D eigenvalue weighted by Gasteiger charge is -2.16. The number of nitrogens with two attached hydrogens (primary N) is 1. The number of hydrazine groups is 1. The molecule has 1 unspecified atom stereocenters. The molecule has 2 rings (SSSR count). The summed E-state index contributed by atoms with van der Waals surface area (Å²) in [5, 5.41) is 2.95. The smallest absolute Gasteiger partial charge is 0.275 e. The Morgan fingerprint density at radius 1 is 1.55 bits per heavy atom. The first kappa shape index (κ1) is 15.0. The number of likely N-dealkylation sites (tertiary alicyclic amines) is 1. The van der Waals surface area contributed by atoms with Crippen LogP contribution in [0.2, 0.25) is 0 Å². The number of hydrogen-bond donors (Lipinski definition) is 3. The van der Waals surface area contributed by atoms with Crippen molar-refractivity contribution in [3.8, 4) is 0 Å². The van der Waals surface area contributed by atoms with Crippen LogP contribution in [0.25, 0.3) is 0 Å². The fraction of sp³-hybridized carbons (Fsp3) is 0.538. The van der Waals surface area contributed by atoms with E-state index in [0.29, 0.717) is 4.88 Å². The molecule has 1 fully saturated rings. The number of rotatable bonds is 4. The number of nitrogens with zero attached hydrogens (tertiary/aromatic N) is 1. The second kappa shape index (κ2) is 6.34. The van der Waals surface area contributed by atoms with Gasteiger partial charge in [0, 0.05) is 37.5 Å². The van der Waals surface area contributed by atoms with E-state index in [1.165, 1.54) is 11.3 Å². The maximum Gasteiger partial charge on any atom is 0.275 e. The second-order valence-corrected chi connectivity index (χ2v) is 6.34. The molecular weight excluding hydrogens is 276 g/mol. The van der Waals surface area contributed by atoms with Crippen molar-refractivity contribution >= 4 is 23.2 Å². The Balaban J connectivity index is 1.96. The van der Waals surface area contributed by atoms with E-state index in [-0.39, 0.29) is 17.9 Å². The molecule has 0 aromatic carbocycles. The van der Waals surface area contributed by atoms with E-state index in [0.717, 1.165) is 36.5 Å². The van der Waals surface area contributed by atoms with Crippen molar-refractivity contribution in [1.29, 1.82) is 0 Å². The van der Waals surface area contributed by atoms with Crippen molar-refractivity contribution in [2.45, 2.75) is 32.9 Å². The van der Waals surface area contributed by atoms with Crippen LogP contribution in [0.1, 0.15) is 33.5 Å². The number of thiophene rings is 1. The number of carbonyl (C=O) groups is 2. The summed E-state index contributed by atoms with van der Waals surface area (Å²) in [4.78, 5) is 26.6. The van der Waals surface area contributed by atoms with Crippen molar-refractivity contribution in [2.75, 3.05) is 13.1 Å². The van der Waals surface area contributed by atoms with Gasteiger partial charge in [-0.15, -0.1) is 11.3 Å². The number of nitrogens with one attached hydrogen (secondary N) is 2. The van der Waals surface area contributed by atoms with E-state index in [2.05, 4.69) is 15.6 Å². The first-order valence-corrected chi connectivity index (χ1v) is 7.41. The molecular formula is C13H20N4O2S. The third-order valence-electron chi connectivity index (χ3n) is 3.45.